The summed E-state index contributed by atoms with van der Waals surface area (Å²) < 4.78 is 0. The predicted molar refractivity (Wildman–Crippen MR) is 60.8 cm³/mol. The Kier molecular flexibility index (Phi) is 4.03. The van der Waals surface area contributed by atoms with Gasteiger partial charge in [0, 0.05) is 6.54 Å². The van der Waals surface area contributed by atoms with Crippen molar-refractivity contribution in [2.24, 2.45) is 0 Å². The molecule has 15 heavy (non-hydrogen) atoms. The number of aryl methyl sites for hydroxylation is 1. The third-order valence-corrected chi connectivity index (χ3v) is 2.24. The quantitative estimate of drug-likeness (QED) is 0.775. The van der Waals surface area contributed by atoms with Gasteiger partial charge in [-0.1, -0.05) is 13.3 Å². The van der Waals surface area contributed by atoms with Crippen molar-refractivity contribution in [1.29, 1.82) is 0 Å². The smallest absolute Gasteiger partial charge is 0.148 e. The van der Waals surface area contributed by atoms with Crippen LogP contribution in [-0.2, 0) is 0 Å². The first-order valence-corrected chi connectivity index (χ1v) is 5.30. The standard InChI is InChI=1S/C11H19N3O/c1-4-7-11(3,15)8-12-10-6-5-9(2)13-14-10/h5-6,15H,4,7-8H2,1-3H3,(H,12,14). The van der Waals surface area contributed by atoms with E-state index in [2.05, 4.69) is 22.4 Å². The maximum atomic E-state index is 9.92. The lowest BCUT2D eigenvalue weighted by Gasteiger charge is -2.22. The highest BCUT2D eigenvalue weighted by Gasteiger charge is 2.18. The number of nitrogens with one attached hydrogen (secondary N) is 1. The van der Waals surface area contributed by atoms with Crippen molar-refractivity contribution in [3.8, 4) is 0 Å². The van der Waals surface area contributed by atoms with Gasteiger partial charge >= 0.3 is 0 Å². The number of hydrogen-bond acceptors (Lipinski definition) is 4. The molecule has 0 aromatic carbocycles. The lowest BCUT2D eigenvalue weighted by Crippen LogP contribution is -2.33. The highest BCUT2D eigenvalue weighted by Crippen LogP contribution is 2.12. The number of aliphatic hydroxyl groups is 1. The fourth-order valence-electron chi connectivity index (χ4n) is 1.40. The van der Waals surface area contributed by atoms with Gasteiger partial charge in [0.25, 0.3) is 0 Å². The summed E-state index contributed by atoms with van der Waals surface area (Å²) in [4.78, 5) is 0. The molecule has 0 fully saturated rings. The Labute approximate surface area is 90.7 Å². The van der Waals surface area contributed by atoms with Crippen molar-refractivity contribution < 1.29 is 5.11 Å². The Hall–Kier alpha value is -1.16. The van der Waals surface area contributed by atoms with Gasteiger partial charge in [0.15, 0.2) is 0 Å². The second-order valence-electron chi connectivity index (χ2n) is 4.16. The molecule has 0 spiro atoms. The molecular weight excluding hydrogens is 190 g/mol. The Bertz CT molecular complexity index is 295. The van der Waals surface area contributed by atoms with E-state index in [1.807, 2.05) is 26.0 Å². The molecule has 0 aliphatic carbocycles. The lowest BCUT2D eigenvalue weighted by atomic mass is 10.0. The molecule has 0 aliphatic rings. The first kappa shape index (κ1) is 11.9. The molecule has 2 N–H and O–H groups in total. The summed E-state index contributed by atoms with van der Waals surface area (Å²) >= 11 is 0. The molecule has 0 aliphatic heterocycles. The van der Waals surface area contributed by atoms with Crippen molar-refractivity contribution in [3.05, 3.63) is 17.8 Å². The predicted octanol–water partition coefficient (Wildman–Crippen LogP) is 1.75. The molecule has 0 saturated carbocycles. The van der Waals surface area contributed by atoms with E-state index in [-0.39, 0.29) is 0 Å². The van der Waals surface area contributed by atoms with Crippen LogP contribution in [0.3, 0.4) is 0 Å². The number of anilines is 1. The monoisotopic (exact) mass is 209 g/mol. The first-order chi connectivity index (χ1) is 7.03. The van der Waals surface area contributed by atoms with Crippen LogP contribution >= 0.6 is 0 Å². The average Bonchev–Trinajstić information content (AvgIpc) is 2.17. The van der Waals surface area contributed by atoms with E-state index in [9.17, 15) is 5.11 Å². The highest BCUT2D eigenvalue weighted by molar-refractivity contribution is 5.33. The van der Waals surface area contributed by atoms with Gasteiger partial charge in [-0.15, -0.1) is 5.10 Å². The zero-order valence-electron chi connectivity index (χ0n) is 9.62. The van der Waals surface area contributed by atoms with Gasteiger partial charge < -0.3 is 10.4 Å². The van der Waals surface area contributed by atoms with Gasteiger partial charge in [0.1, 0.15) is 5.82 Å². The summed E-state index contributed by atoms with van der Waals surface area (Å²) in [5.41, 5.74) is 0.210. The molecule has 1 unspecified atom stereocenters. The van der Waals surface area contributed by atoms with Crippen molar-refractivity contribution in [2.45, 2.75) is 39.2 Å². The van der Waals surface area contributed by atoms with E-state index in [4.69, 9.17) is 0 Å². The Morgan fingerprint density at radius 1 is 1.40 bits per heavy atom. The highest BCUT2D eigenvalue weighted by atomic mass is 16.3. The second-order valence-corrected chi connectivity index (χ2v) is 4.16. The lowest BCUT2D eigenvalue weighted by molar-refractivity contribution is 0.0636. The maximum Gasteiger partial charge on any atom is 0.148 e. The summed E-state index contributed by atoms with van der Waals surface area (Å²) in [5, 5.41) is 20.9. The molecule has 0 amide bonds. The molecule has 0 radical (unpaired) electrons. The summed E-state index contributed by atoms with van der Waals surface area (Å²) in [6.45, 7) is 6.27. The van der Waals surface area contributed by atoms with Crippen molar-refractivity contribution in [3.63, 3.8) is 0 Å². The second kappa shape index (κ2) is 5.07. The van der Waals surface area contributed by atoms with Crippen molar-refractivity contribution in [1.82, 2.24) is 10.2 Å². The molecule has 1 rings (SSSR count). The van der Waals surface area contributed by atoms with Crippen LogP contribution in [0.5, 0.6) is 0 Å². The van der Waals surface area contributed by atoms with E-state index in [0.717, 1.165) is 18.5 Å². The van der Waals surface area contributed by atoms with Gasteiger partial charge in [-0.05, 0) is 32.4 Å². The minimum Gasteiger partial charge on any atom is -0.388 e. The van der Waals surface area contributed by atoms with Gasteiger partial charge in [0.05, 0.1) is 11.3 Å². The van der Waals surface area contributed by atoms with Crippen molar-refractivity contribution in [2.75, 3.05) is 11.9 Å². The molecule has 4 nitrogen and oxygen atoms in total. The maximum absolute atomic E-state index is 9.92. The van der Waals surface area contributed by atoms with E-state index < -0.39 is 5.60 Å². The largest absolute Gasteiger partial charge is 0.388 e. The Balaban J connectivity index is 2.46. The van der Waals surface area contributed by atoms with E-state index in [0.29, 0.717) is 12.4 Å². The van der Waals surface area contributed by atoms with Gasteiger partial charge in [0.2, 0.25) is 0 Å². The van der Waals surface area contributed by atoms with Crippen LogP contribution in [0.4, 0.5) is 5.82 Å². The minimum atomic E-state index is -0.679. The fraction of sp³-hybridized carbons (Fsp3) is 0.636. The van der Waals surface area contributed by atoms with Crippen LogP contribution < -0.4 is 5.32 Å². The summed E-state index contributed by atoms with van der Waals surface area (Å²) in [7, 11) is 0. The Morgan fingerprint density at radius 3 is 2.67 bits per heavy atom. The van der Waals surface area contributed by atoms with Gasteiger partial charge in [-0.3, -0.25) is 0 Å². The number of aromatic nitrogens is 2. The third kappa shape index (κ3) is 4.25. The van der Waals surface area contributed by atoms with E-state index in [1.54, 1.807) is 0 Å². The average molecular weight is 209 g/mol. The molecule has 0 saturated heterocycles. The molecule has 4 heteroatoms. The molecule has 1 aromatic heterocycles. The van der Waals surface area contributed by atoms with E-state index in [1.165, 1.54) is 0 Å². The van der Waals surface area contributed by atoms with Gasteiger partial charge in [-0.2, -0.15) is 5.10 Å². The van der Waals surface area contributed by atoms with Crippen LogP contribution in [0.25, 0.3) is 0 Å². The zero-order valence-corrected chi connectivity index (χ0v) is 9.62. The summed E-state index contributed by atoms with van der Waals surface area (Å²) in [6, 6.07) is 3.76. The SMILES string of the molecule is CCCC(C)(O)CNc1ccc(C)nn1. The molecule has 84 valence electrons. The van der Waals surface area contributed by atoms with Crippen LogP contribution in [0.15, 0.2) is 12.1 Å². The number of rotatable bonds is 5. The van der Waals surface area contributed by atoms with Crippen molar-refractivity contribution >= 4 is 5.82 Å². The zero-order chi connectivity index (χ0) is 11.3. The van der Waals surface area contributed by atoms with E-state index >= 15 is 0 Å². The fourth-order valence-corrected chi connectivity index (χ4v) is 1.40. The Morgan fingerprint density at radius 2 is 2.13 bits per heavy atom. The molecular formula is C11H19N3O. The van der Waals surface area contributed by atoms with Crippen LogP contribution in [0, 0.1) is 6.92 Å². The molecule has 0 bridgehead atoms. The topological polar surface area (TPSA) is 58.0 Å². The molecule has 1 aromatic rings. The van der Waals surface area contributed by atoms with Crippen LogP contribution in [0.1, 0.15) is 32.4 Å². The normalized spacial score (nSPS) is 14.7. The third-order valence-electron chi connectivity index (χ3n) is 2.24. The number of nitrogens with zero attached hydrogens (tertiary/aromatic N) is 2. The summed E-state index contributed by atoms with van der Waals surface area (Å²) in [6.07, 6.45) is 1.74. The minimum absolute atomic E-state index is 0.499. The first-order valence-electron chi connectivity index (χ1n) is 5.30. The molecule has 1 atom stereocenters. The van der Waals surface area contributed by atoms with Gasteiger partial charge in [-0.25, -0.2) is 0 Å². The molecule has 1 heterocycles. The van der Waals surface area contributed by atoms with Crippen LogP contribution in [0.2, 0.25) is 0 Å². The summed E-state index contributed by atoms with van der Waals surface area (Å²) in [5.74, 6) is 0.706. The number of hydrogen-bond donors (Lipinski definition) is 2. The van der Waals surface area contributed by atoms with Crippen LogP contribution in [-0.4, -0.2) is 27.4 Å².